The first-order chi connectivity index (χ1) is 13.5. The summed E-state index contributed by atoms with van der Waals surface area (Å²) in [6.45, 7) is 3.90. The highest BCUT2D eigenvalue weighted by atomic mass is 19.1. The van der Waals surface area contributed by atoms with E-state index in [0.29, 0.717) is 11.7 Å². The molecule has 28 heavy (non-hydrogen) atoms. The van der Waals surface area contributed by atoms with E-state index in [0.717, 1.165) is 34.2 Å². The first-order valence-electron chi connectivity index (χ1n) is 8.97. The van der Waals surface area contributed by atoms with Gasteiger partial charge in [0.15, 0.2) is 11.5 Å². The van der Waals surface area contributed by atoms with Crippen LogP contribution in [0.5, 0.6) is 0 Å². The Morgan fingerprint density at radius 3 is 2.71 bits per heavy atom. The van der Waals surface area contributed by atoms with E-state index >= 15 is 0 Å². The van der Waals surface area contributed by atoms with Crippen molar-refractivity contribution in [2.45, 2.75) is 20.3 Å². The fourth-order valence-electron chi connectivity index (χ4n) is 3.15. The van der Waals surface area contributed by atoms with Gasteiger partial charge in [0.1, 0.15) is 17.2 Å². The molecule has 1 N–H and O–H groups in total. The summed E-state index contributed by atoms with van der Waals surface area (Å²) in [6.07, 6.45) is 2.52. The summed E-state index contributed by atoms with van der Waals surface area (Å²) in [5, 5.41) is 2.62. The highest BCUT2D eigenvalue weighted by Crippen LogP contribution is 2.29. The zero-order chi connectivity index (χ0) is 19.7. The number of nitrogens with one attached hydrogen (secondary N) is 1. The van der Waals surface area contributed by atoms with Gasteiger partial charge in [0.05, 0.1) is 5.56 Å². The second-order valence-electron chi connectivity index (χ2n) is 6.43. The molecule has 0 unspecified atom stereocenters. The van der Waals surface area contributed by atoms with E-state index in [2.05, 4.69) is 22.2 Å². The van der Waals surface area contributed by atoms with Gasteiger partial charge in [-0.25, -0.2) is 14.4 Å². The number of nitrogens with zero attached hydrogens (tertiary/aromatic N) is 2. The summed E-state index contributed by atoms with van der Waals surface area (Å²) >= 11 is 0. The van der Waals surface area contributed by atoms with Crippen LogP contribution in [-0.4, -0.2) is 15.9 Å². The fraction of sp³-hybridized carbons (Fsp3) is 0.136. The van der Waals surface area contributed by atoms with Crippen molar-refractivity contribution in [3.05, 3.63) is 77.6 Å². The molecule has 0 radical (unpaired) electrons. The molecule has 0 bridgehead atoms. The Labute approximate surface area is 161 Å². The van der Waals surface area contributed by atoms with E-state index in [1.807, 2.05) is 25.1 Å². The number of halogens is 1. The minimum atomic E-state index is -0.570. The van der Waals surface area contributed by atoms with Crippen molar-refractivity contribution in [2.24, 2.45) is 0 Å². The number of amides is 1. The molecule has 0 fully saturated rings. The molecule has 0 spiro atoms. The number of aromatic nitrogens is 2. The van der Waals surface area contributed by atoms with Crippen molar-refractivity contribution in [3.8, 4) is 11.1 Å². The van der Waals surface area contributed by atoms with E-state index < -0.39 is 11.7 Å². The summed E-state index contributed by atoms with van der Waals surface area (Å²) in [7, 11) is 0. The average molecular weight is 375 g/mol. The minimum absolute atomic E-state index is 0.0206. The van der Waals surface area contributed by atoms with Gasteiger partial charge < -0.3 is 9.73 Å². The van der Waals surface area contributed by atoms with Crippen LogP contribution >= 0.6 is 0 Å². The van der Waals surface area contributed by atoms with E-state index in [4.69, 9.17) is 4.42 Å². The monoisotopic (exact) mass is 375 g/mol. The maximum Gasteiger partial charge on any atom is 0.259 e. The number of rotatable bonds is 4. The molecule has 1 amide bonds. The predicted octanol–water partition coefficient (Wildman–Crippen LogP) is 5.15. The van der Waals surface area contributed by atoms with Gasteiger partial charge in [-0.15, -0.1) is 0 Å². The maximum atomic E-state index is 13.7. The molecule has 6 heteroatoms. The lowest BCUT2D eigenvalue weighted by Crippen LogP contribution is -2.14. The van der Waals surface area contributed by atoms with Crippen LogP contribution in [0.1, 0.15) is 28.7 Å². The molecule has 2 aromatic heterocycles. The lowest BCUT2D eigenvalue weighted by molar-refractivity contribution is 0.102. The van der Waals surface area contributed by atoms with Gasteiger partial charge in [-0.3, -0.25) is 4.79 Å². The Balaban J connectivity index is 1.62. The molecule has 0 saturated carbocycles. The molecule has 0 aliphatic rings. The van der Waals surface area contributed by atoms with Gasteiger partial charge in [-0.2, -0.15) is 0 Å². The Hall–Kier alpha value is -3.54. The zero-order valence-electron chi connectivity index (χ0n) is 15.5. The van der Waals surface area contributed by atoms with Crippen LogP contribution in [0.3, 0.4) is 0 Å². The van der Waals surface area contributed by atoms with Gasteiger partial charge in [-0.05, 0) is 53.9 Å². The van der Waals surface area contributed by atoms with Gasteiger partial charge in [0.2, 0.25) is 0 Å². The molecule has 4 rings (SSSR count). The second kappa shape index (κ2) is 7.23. The van der Waals surface area contributed by atoms with Crippen molar-refractivity contribution in [2.75, 3.05) is 5.32 Å². The van der Waals surface area contributed by atoms with Crippen LogP contribution in [0.25, 0.3) is 22.2 Å². The Morgan fingerprint density at radius 2 is 2.00 bits per heavy atom. The first kappa shape index (κ1) is 17.9. The number of benzene rings is 2. The summed E-state index contributed by atoms with van der Waals surface area (Å²) < 4.78 is 19.4. The molecule has 0 atom stereocenters. The molecule has 2 aromatic carbocycles. The van der Waals surface area contributed by atoms with Gasteiger partial charge in [-0.1, -0.05) is 19.1 Å². The number of fused-ring (bicyclic) bond motifs is 1. The maximum absolute atomic E-state index is 13.7. The number of carbonyl (C=O) groups is 1. The molecular formula is C22H18FN3O2. The highest BCUT2D eigenvalue weighted by Gasteiger charge is 2.13. The van der Waals surface area contributed by atoms with Crippen molar-refractivity contribution in [1.82, 2.24) is 9.97 Å². The topological polar surface area (TPSA) is 68.0 Å². The molecule has 2 heterocycles. The third-order valence-electron chi connectivity index (χ3n) is 4.54. The fourth-order valence-corrected chi connectivity index (χ4v) is 3.15. The number of hydrogen-bond donors (Lipinski definition) is 1. The number of hydrogen-bond acceptors (Lipinski definition) is 4. The van der Waals surface area contributed by atoms with Gasteiger partial charge >= 0.3 is 0 Å². The number of aryl methyl sites for hydroxylation is 2. The van der Waals surface area contributed by atoms with E-state index in [1.54, 1.807) is 18.3 Å². The number of oxazole rings is 1. The second-order valence-corrected chi connectivity index (χ2v) is 6.43. The molecular weight excluding hydrogens is 357 g/mol. The molecule has 0 aliphatic heterocycles. The van der Waals surface area contributed by atoms with Gasteiger partial charge in [0, 0.05) is 18.7 Å². The Kier molecular flexibility index (Phi) is 4.61. The van der Waals surface area contributed by atoms with Crippen molar-refractivity contribution >= 4 is 22.8 Å². The van der Waals surface area contributed by atoms with Crippen LogP contribution in [0.15, 0.2) is 59.1 Å². The minimum Gasteiger partial charge on any atom is -0.441 e. The van der Waals surface area contributed by atoms with Crippen LogP contribution in [-0.2, 0) is 6.42 Å². The molecule has 4 aromatic rings. The highest BCUT2D eigenvalue weighted by molar-refractivity contribution is 6.04. The lowest BCUT2D eigenvalue weighted by Gasteiger charge is -2.09. The summed E-state index contributed by atoms with van der Waals surface area (Å²) in [6, 6.07) is 13.4. The van der Waals surface area contributed by atoms with Gasteiger partial charge in [0.25, 0.3) is 5.91 Å². The lowest BCUT2D eigenvalue weighted by atomic mass is 9.99. The van der Waals surface area contributed by atoms with Crippen LogP contribution in [0.4, 0.5) is 10.2 Å². The normalized spacial score (nSPS) is 11.0. The number of pyridine rings is 1. The van der Waals surface area contributed by atoms with Crippen molar-refractivity contribution in [3.63, 3.8) is 0 Å². The van der Waals surface area contributed by atoms with Crippen LogP contribution < -0.4 is 5.32 Å². The molecule has 0 saturated heterocycles. The summed E-state index contributed by atoms with van der Waals surface area (Å²) in [5.74, 6) is -0.129. The predicted molar refractivity (Wildman–Crippen MR) is 106 cm³/mol. The molecule has 0 aliphatic carbocycles. The van der Waals surface area contributed by atoms with E-state index in [-0.39, 0.29) is 5.56 Å². The Morgan fingerprint density at radius 1 is 1.18 bits per heavy atom. The SMILES string of the molecule is CCc1cc2nc(C)oc2cc1-c1ccc(NC(=O)c2ccccc2F)nc1. The standard InChI is InChI=1S/C22H18FN3O2/c1-3-14-10-19-20(28-13(2)25-19)11-17(14)15-8-9-21(24-12-15)26-22(27)16-6-4-5-7-18(16)23/h4-12H,3H2,1-2H3,(H,24,26,27). The summed E-state index contributed by atoms with van der Waals surface area (Å²) in [4.78, 5) is 20.9. The summed E-state index contributed by atoms with van der Waals surface area (Å²) in [5.41, 5.74) is 4.57. The average Bonchev–Trinajstić information content (AvgIpc) is 3.06. The van der Waals surface area contributed by atoms with E-state index in [9.17, 15) is 9.18 Å². The molecule has 140 valence electrons. The quantitative estimate of drug-likeness (QED) is 0.535. The van der Waals surface area contributed by atoms with E-state index in [1.165, 1.54) is 18.2 Å². The van der Waals surface area contributed by atoms with Crippen molar-refractivity contribution in [1.29, 1.82) is 0 Å². The first-order valence-corrected chi connectivity index (χ1v) is 8.97. The van der Waals surface area contributed by atoms with Crippen LogP contribution in [0, 0.1) is 12.7 Å². The molecule has 5 nitrogen and oxygen atoms in total. The third kappa shape index (κ3) is 3.36. The smallest absolute Gasteiger partial charge is 0.259 e. The van der Waals surface area contributed by atoms with Crippen LogP contribution in [0.2, 0.25) is 0 Å². The zero-order valence-corrected chi connectivity index (χ0v) is 15.5. The largest absolute Gasteiger partial charge is 0.441 e. The number of carbonyl (C=O) groups excluding carboxylic acids is 1. The number of anilines is 1. The van der Waals surface area contributed by atoms with Crippen molar-refractivity contribution < 1.29 is 13.6 Å². The third-order valence-corrected chi connectivity index (χ3v) is 4.54. The Bertz CT molecular complexity index is 1170.